The zero-order valence-electron chi connectivity index (χ0n) is 14.5. The van der Waals surface area contributed by atoms with Gasteiger partial charge in [0.1, 0.15) is 18.0 Å². The van der Waals surface area contributed by atoms with E-state index in [0.717, 1.165) is 51.0 Å². The van der Waals surface area contributed by atoms with Crippen LogP contribution in [0.1, 0.15) is 12.8 Å². The van der Waals surface area contributed by atoms with E-state index >= 15 is 0 Å². The molecule has 25 heavy (non-hydrogen) atoms. The molecule has 0 radical (unpaired) electrons. The molecule has 6 nitrogen and oxygen atoms in total. The molecular formula is C19H25N5O. The van der Waals surface area contributed by atoms with Gasteiger partial charge in [0.15, 0.2) is 0 Å². The van der Waals surface area contributed by atoms with Gasteiger partial charge in [-0.1, -0.05) is 18.2 Å². The van der Waals surface area contributed by atoms with Gasteiger partial charge in [-0.15, -0.1) is 0 Å². The Morgan fingerprint density at radius 3 is 2.52 bits per heavy atom. The highest BCUT2D eigenvalue weighted by Gasteiger charge is 2.22. The van der Waals surface area contributed by atoms with E-state index in [9.17, 15) is 0 Å². The Hall–Kier alpha value is -2.34. The summed E-state index contributed by atoms with van der Waals surface area (Å²) in [5.41, 5.74) is 1.19. The minimum atomic E-state index is 0.443. The number of hydrogen-bond acceptors (Lipinski definition) is 6. The van der Waals surface area contributed by atoms with Crippen LogP contribution < -0.4 is 15.1 Å². The molecule has 132 valence electrons. The van der Waals surface area contributed by atoms with Crippen molar-refractivity contribution >= 4 is 17.3 Å². The summed E-state index contributed by atoms with van der Waals surface area (Å²) in [5.74, 6) is 2.03. The molecule has 2 saturated heterocycles. The summed E-state index contributed by atoms with van der Waals surface area (Å²) in [4.78, 5) is 13.6. The average Bonchev–Trinajstić information content (AvgIpc) is 2.70. The summed E-state index contributed by atoms with van der Waals surface area (Å²) in [6.07, 6.45) is 4.04. The van der Waals surface area contributed by atoms with Crippen LogP contribution in [0.15, 0.2) is 42.7 Å². The van der Waals surface area contributed by atoms with Crippen molar-refractivity contribution in [3.05, 3.63) is 42.7 Å². The van der Waals surface area contributed by atoms with Crippen molar-refractivity contribution in [3.8, 4) is 0 Å². The van der Waals surface area contributed by atoms with Gasteiger partial charge in [0, 0.05) is 44.0 Å². The molecule has 0 bridgehead atoms. The summed E-state index contributed by atoms with van der Waals surface area (Å²) in [5, 5.41) is 3.65. The van der Waals surface area contributed by atoms with Gasteiger partial charge in [0.2, 0.25) is 0 Å². The summed E-state index contributed by atoms with van der Waals surface area (Å²) < 4.78 is 5.43. The molecular weight excluding hydrogens is 314 g/mol. The first kappa shape index (κ1) is 16.1. The largest absolute Gasteiger partial charge is 0.381 e. The summed E-state index contributed by atoms with van der Waals surface area (Å²) in [6.45, 7) is 5.35. The van der Waals surface area contributed by atoms with Gasteiger partial charge in [-0.2, -0.15) is 0 Å². The van der Waals surface area contributed by atoms with Crippen LogP contribution in [-0.2, 0) is 4.74 Å². The van der Waals surface area contributed by atoms with Gasteiger partial charge >= 0.3 is 0 Å². The van der Waals surface area contributed by atoms with Crippen LogP contribution in [0.5, 0.6) is 0 Å². The third-order valence-electron chi connectivity index (χ3n) is 4.86. The maximum absolute atomic E-state index is 5.43. The van der Waals surface area contributed by atoms with E-state index in [-0.39, 0.29) is 0 Å². The third kappa shape index (κ3) is 4.02. The number of para-hydroxylation sites is 1. The van der Waals surface area contributed by atoms with Crippen molar-refractivity contribution in [2.24, 2.45) is 0 Å². The fraction of sp³-hybridized carbons (Fsp3) is 0.474. The number of nitrogens with zero attached hydrogens (tertiary/aromatic N) is 4. The van der Waals surface area contributed by atoms with Crippen LogP contribution >= 0.6 is 0 Å². The number of ether oxygens (including phenoxy) is 1. The van der Waals surface area contributed by atoms with Crippen LogP contribution in [0.4, 0.5) is 17.3 Å². The van der Waals surface area contributed by atoms with E-state index < -0.39 is 0 Å². The zero-order chi connectivity index (χ0) is 16.9. The van der Waals surface area contributed by atoms with Crippen molar-refractivity contribution in [3.63, 3.8) is 0 Å². The Morgan fingerprint density at radius 2 is 1.72 bits per heavy atom. The van der Waals surface area contributed by atoms with Gasteiger partial charge in [-0.3, -0.25) is 0 Å². The zero-order valence-corrected chi connectivity index (χ0v) is 14.5. The SMILES string of the molecule is c1ccc(N[C@H]2CCCN(c3cc(N4CCOCC4)ncn3)C2)cc1. The lowest BCUT2D eigenvalue weighted by Gasteiger charge is -2.35. The number of piperidine rings is 1. The standard InChI is InChI=1S/C19H25N5O/c1-2-5-16(6-3-1)22-17-7-4-8-24(14-17)19-13-18(20-15-21-19)23-9-11-25-12-10-23/h1-3,5-6,13,15,17,22H,4,7-12,14H2/t17-/m0/s1. The molecule has 1 N–H and O–H groups in total. The lowest BCUT2D eigenvalue weighted by molar-refractivity contribution is 0.122. The van der Waals surface area contributed by atoms with E-state index in [0.29, 0.717) is 6.04 Å². The second kappa shape index (κ2) is 7.70. The highest BCUT2D eigenvalue weighted by atomic mass is 16.5. The van der Waals surface area contributed by atoms with Crippen LogP contribution in [0.3, 0.4) is 0 Å². The Morgan fingerprint density at radius 1 is 0.960 bits per heavy atom. The second-order valence-corrected chi connectivity index (χ2v) is 6.63. The first-order valence-electron chi connectivity index (χ1n) is 9.10. The molecule has 0 saturated carbocycles. The topological polar surface area (TPSA) is 53.5 Å². The molecule has 2 aliphatic heterocycles. The normalized spacial score (nSPS) is 21.2. The minimum Gasteiger partial charge on any atom is -0.381 e. The summed E-state index contributed by atoms with van der Waals surface area (Å²) in [6, 6.07) is 13.0. The van der Waals surface area contributed by atoms with Gasteiger partial charge in [0.05, 0.1) is 13.2 Å². The van der Waals surface area contributed by atoms with Crippen LogP contribution in [-0.4, -0.2) is 55.4 Å². The molecule has 0 aliphatic carbocycles. The average molecular weight is 339 g/mol. The van der Waals surface area contributed by atoms with Gasteiger partial charge < -0.3 is 19.9 Å². The van der Waals surface area contributed by atoms with Gasteiger partial charge in [0.25, 0.3) is 0 Å². The maximum atomic E-state index is 5.43. The van der Waals surface area contributed by atoms with E-state index in [1.807, 2.05) is 6.07 Å². The highest BCUT2D eigenvalue weighted by molar-refractivity contribution is 5.51. The molecule has 2 aromatic rings. The number of morpholine rings is 1. The van der Waals surface area contributed by atoms with Crippen LogP contribution in [0.2, 0.25) is 0 Å². The fourth-order valence-corrected chi connectivity index (χ4v) is 3.55. The quantitative estimate of drug-likeness (QED) is 0.923. The van der Waals surface area contributed by atoms with Gasteiger partial charge in [-0.05, 0) is 25.0 Å². The van der Waals surface area contributed by atoms with Crippen LogP contribution in [0.25, 0.3) is 0 Å². The monoisotopic (exact) mass is 339 g/mol. The molecule has 4 rings (SSSR count). The smallest absolute Gasteiger partial charge is 0.134 e. The Labute approximate surface area is 148 Å². The lowest BCUT2D eigenvalue weighted by atomic mass is 10.1. The molecule has 2 aliphatic rings. The van der Waals surface area contributed by atoms with Crippen molar-refractivity contribution in [2.45, 2.75) is 18.9 Å². The van der Waals surface area contributed by atoms with E-state index in [4.69, 9.17) is 4.74 Å². The minimum absolute atomic E-state index is 0.443. The molecule has 3 heterocycles. The molecule has 6 heteroatoms. The fourth-order valence-electron chi connectivity index (χ4n) is 3.55. The van der Waals surface area contributed by atoms with Crippen molar-refractivity contribution in [2.75, 3.05) is 54.5 Å². The summed E-state index contributed by atoms with van der Waals surface area (Å²) >= 11 is 0. The van der Waals surface area contributed by atoms with Gasteiger partial charge in [-0.25, -0.2) is 9.97 Å². The molecule has 1 atom stereocenters. The highest BCUT2D eigenvalue weighted by Crippen LogP contribution is 2.23. The van der Waals surface area contributed by atoms with Crippen molar-refractivity contribution < 1.29 is 4.74 Å². The molecule has 0 spiro atoms. The van der Waals surface area contributed by atoms with E-state index in [1.54, 1.807) is 6.33 Å². The Bertz CT molecular complexity index is 675. The van der Waals surface area contributed by atoms with Crippen molar-refractivity contribution in [1.82, 2.24) is 9.97 Å². The number of aromatic nitrogens is 2. The van der Waals surface area contributed by atoms with E-state index in [2.05, 4.69) is 55.4 Å². The lowest BCUT2D eigenvalue weighted by Crippen LogP contribution is -2.42. The Balaban J connectivity index is 1.44. The molecule has 0 amide bonds. The first-order chi connectivity index (χ1) is 12.4. The number of hydrogen-bond donors (Lipinski definition) is 1. The number of benzene rings is 1. The predicted molar refractivity (Wildman–Crippen MR) is 100 cm³/mol. The van der Waals surface area contributed by atoms with E-state index in [1.165, 1.54) is 18.5 Å². The molecule has 1 aromatic carbocycles. The van der Waals surface area contributed by atoms with Crippen molar-refractivity contribution in [1.29, 1.82) is 0 Å². The third-order valence-corrected chi connectivity index (χ3v) is 4.86. The number of rotatable bonds is 4. The summed E-state index contributed by atoms with van der Waals surface area (Å²) in [7, 11) is 0. The predicted octanol–water partition coefficient (Wildman–Crippen LogP) is 2.39. The first-order valence-corrected chi connectivity index (χ1v) is 9.10. The molecule has 0 unspecified atom stereocenters. The molecule has 2 fully saturated rings. The maximum Gasteiger partial charge on any atom is 0.134 e. The molecule has 1 aromatic heterocycles. The van der Waals surface area contributed by atoms with Crippen LogP contribution in [0, 0.1) is 0 Å². The number of nitrogens with one attached hydrogen (secondary N) is 1. The number of anilines is 3. The second-order valence-electron chi connectivity index (χ2n) is 6.63. The Kier molecular flexibility index (Phi) is 4.97.